The third kappa shape index (κ3) is 6.24. The van der Waals surface area contributed by atoms with E-state index < -0.39 is 66.8 Å². The molecule has 2 fully saturated rings. The number of hydrogen-bond donors (Lipinski definition) is 9. The fourth-order valence-electron chi connectivity index (χ4n) is 4.71. The lowest BCUT2D eigenvalue weighted by molar-refractivity contribution is -0.303. The van der Waals surface area contributed by atoms with Crippen LogP contribution in [0, 0.1) is 0 Å². The number of rotatable bonds is 9. The van der Waals surface area contributed by atoms with Gasteiger partial charge in [0.2, 0.25) is 6.29 Å². The van der Waals surface area contributed by atoms with Gasteiger partial charge < -0.3 is 67.2 Å². The molecule has 1 saturated heterocycles. The normalized spacial score (nSPS) is 45.5. The van der Waals surface area contributed by atoms with E-state index in [0.717, 1.165) is 0 Å². The molecule has 1 aliphatic carbocycles. The van der Waals surface area contributed by atoms with Crippen LogP contribution >= 0.6 is 0 Å². The van der Waals surface area contributed by atoms with Gasteiger partial charge in [-0.25, -0.2) is 0 Å². The average Bonchev–Trinajstić information content (AvgIpc) is 2.77. The molecule has 34 heavy (non-hydrogen) atoms. The van der Waals surface area contributed by atoms with E-state index in [-0.39, 0.29) is 19.6 Å². The first-order chi connectivity index (χ1) is 16.1. The average molecular weight is 492 g/mol. The number of aliphatic hydroxyl groups is 4. The molecular weight excluding hydrogens is 450 g/mol. The lowest BCUT2D eigenvalue weighted by atomic mass is 9.84. The molecule has 2 heterocycles. The maximum Gasteiger partial charge on any atom is 0.215 e. The highest BCUT2D eigenvalue weighted by Gasteiger charge is 2.50. The highest BCUT2D eigenvalue weighted by atomic mass is 16.7. The molecule has 0 aromatic carbocycles. The van der Waals surface area contributed by atoms with Gasteiger partial charge in [0.1, 0.15) is 35.8 Å². The van der Waals surface area contributed by atoms with Crippen molar-refractivity contribution in [3.8, 4) is 0 Å². The van der Waals surface area contributed by atoms with Crippen molar-refractivity contribution in [1.29, 1.82) is 0 Å². The molecule has 0 radical (unpaired) electrons. The number of nitrogens with one attached hydrogen (secondary N) is 2. The lowest BCUT2D eigenvalue weighted by Crippen LogP contribution is -2.68. The van der Waals surface area contributed by atoms with Crippen molar-refractivity contribution in [1.82, 2.24) is 10.6 Å². The quantitative estimate of drug-likeness (QED) is 0.140. The Labute approximate surface area is 199 Å². The number of hydrogen-bond acceptors (Lipinski definition) is 13. The molecule has 13 nitrogen and oxygen atoms in total. The Bertz CT molecular complexity index is 686. The van der Waals surface area contributed by atoms with Crippen LogP contribution in [0.3, 0.4) is 0 Å². The summed E-state index contributed by atoms with van der Waals surface area (Å²) in [4.78, 5) is 0. The summed E-state index contributed by atoms with van der Waals surface area (Å²) in [6.07, 6.45) is -3.64. The van der Waals surface area contributed by atoms with E-state index in [1.165, 1.54) is 0 Å². The molecule has 0 aromatic rings. The number of nitrogens with two attached hydrogens (primary N) is 3. The third-order valence-corrected chi connectivity index (χ3v) is 6.61. The number of aliphatic hydroxyl groups excluding tert-OH is 3. The van der Waals surface area contributed by atoms with Crippen LogP contribution in [0.2, 0.25) is 0 Å². The second-order valence-corrected chi connectivity index (χ2v) is 9.51. The Kier molecular flexibility index (Phi) is 9.65. The van der Waals surface area contributed by atoms with E-state index in [1.54, 1.807) is 14.0 Å². The topological polar surface area (TPSA) is 220 Å². The Morgan fingerprint density at radius 3 is 2.35 bits per heavy atom. The molecule has 12 N–H and O–H groups in total. The van der Waals surface area contributed by atoms with E-state index >= 15 is 0 Å². The van der Waals surface area contributed by atoms with Gasteiger partial charge in [-0.3, -0.25) is 0 Å². The highest BCUT2D eigenvalue weighted by molar-refractivity contribution is 5.05. The van der Waals surface area contributed by atoms with Crippen molar-refractivity contribution in [2.24, 2.45) is 17.2 Å². The van der Waals surface area contributed by atoms with Gasteiger partial charge in [-0.1, -0.05) is 0 Å². The molecule has 0 aromatic heterocycles. The largest absolute Gasteiger partial charge is 0.467 e. The smallest absolute Gasteiger partial charge is 0.215 e. The molecule has 13 heteroatoms. The molecule has 11 unspecified atom stereocenters. The first-order valence-electron chi connectivity index (χ1n) is 11.7. The highest BCUT2D eigenvalue weighted by Crippen LogP contribution is 2.31. The summed E-state index contributed by atoms with van der Waals surface area (Å²) in [5.41, 5.74) is 17.4. The van der Waals surface area contributed by atoms with E-state index in [2.05, 4.69) is 10.6 Å². The SMILES string of the molecule is CNC1C(O)C(OC2C(N)CC(N)C(OC3OC(CNCCO)=CCC3N)C2O)OCC1(C)O. The first kappa shape index (κ1) is 27.6. The van der Waals surface area contributed by atoms with Crippen LogP contribution in [0.1, 0.15) is 19.8 Å². The van der Waals surface area contributed by atoms with Crippen molar-refractivity contribution in [2.45, 2.75) is 86.5 Å². The van der Waals surface area contributed by atoms with Crippen LogP contribution in [-0.4, -0.2) is 121 Å². The van der Waals surface area contributed by atoms with E-state index in [0.29, 0.717) is 25.3 Å². The van der Waals surface area contributed by atoms with Gasteiger partial charge >= 0.3 is 0 Å². The second kappa shape index (κ2) is 11.9. The standard InChI is InChI=1S/C21H41N5O8/c1-21(30)9-31-20(15(29)18(21)25-2)34-17-13(24)7-12(23)16(14(17)28)33-19-11(22)4-3-10(32-19)8-26-5-6-27/h3,11-20,25-30H,4-9,22-24H2,1-2H3. The molecule has 11 atom stereocenters. The Morgan fingerprint density at radius 1 is 1.09 bits per heavy atom. The van der Waals surface area contributed by atoms with Gasteiger partial charge in [0.05, 0.1) is 31.8 Å². The molecule has 198 valence electrons. The maximum absolute atomic E-state index is 11.1. The van der Waals surface area contributed by atoms with Crippen molar-refractivity contribution < 1.29 is 39.4 Å². The summed E-state index contributed by atoms with van der Waals surface area (Å²) in [5, 5.41) is 47.1. The molecule has 1 saturated carbocycles. The molecular formula is C21H41N5O8. The summed E-state index contributed by atoms with van der Waals surface area (Å²) in [7, 11) is 1.62. The van der Waals surface area contributed by atoms with Crippen LogP contribution in [0.5, 0.6) is 0 Å². The van der Waals surface area contributed by atoms with Crippen molar-refractivity contribution in [3.63, 3.8) is 0 Å². The predicted octanol–water partition coefficient (Wildman–Crippen LogP) is -4.23. The predicted molar refractivity (Wildman–Crippen MR) is 121 cm³/mol. The number of likely N-dealkylation sites (N-methyl/N-ethyl adjacent to an activating group) is 1. The molecule has 3 rings (SSSR count). The molecule has 0 bridgehead atoms. The minimum absolute atomic E-state index is 0.00347. The minimum atomic E-state index is -1.30. The summed E-state index contributed by atoms with van der Waals surface area (Å²) in [6.45, 7) is 2.29. The van der Waals surface area contributed by atoms with Crippen molar-refractivity contribution >= 4 is 0 Å². The third-order valence-electron chi connectivity index (χ3n) is 6.61. The van der Waals surface area contributed by atoms with Gasteiger partial charge in [-0.2, -0.15) is 0 Å². The van der Waals surface area contributed by atoms with E-state index in [9.17, 15) is 15.3 Å². The minimum Gasteiger partial charge on any atom is -0.467 e. The van der Waals surface area contributed by atoms with Crippen LogP contribution < -0.4 is 27.8 Å². The fourth-order valence-corrected chi connectivity index (χ4v) is 4.71. The van der Waals surface area contributed by atoms with E-state index in [1.807, 2.05) is 6.08 Å². The van der Waals surface area contributed by atoms with Gasteiger partial charge in [0, 0.05) is 18.6 Å². The van der Waals surface area contributed by atoms with Gasteiger partial charge in [0.15, 0.2) is 6.29 Å². The Balaban J connectivity index is 1.65. The van der Waals surface area contributed by atoms with Crippen molar-refractivity contribution in [3.05, 3.63) is 11.8 Å². The second-order valence-electron chi connectivity index (χ2n) is 9.51. The fraction of sp³-hybridized carbons (Fsp3) is 0.905. The van der Waals surface area contributed by atoms with Crippen molar-refractivity contribution in [2.75, 3.05) is 33.4 Å². The summed E-state index contributed by atoms with van der Waals surface area (Å²) >= 11 is 0. The molecule has 0 amide bonds. The lowest BCUT2D eigenvalue weighted by Gasteiger charge is -2.48. The van der Waals surface area contributed by atoms with Crippen LogP contribution in [-0.2, 0) is 18.9 Å². The zero-order valence-corrected chi connectivity index (χ0v) is 19.7. The zero-order chi connectivity index (χ0) is 25.0. The van der Waals surface area contributed by atoms with Crippen LogP contribution in [0.25, 0.3) is 0 Å². The monoisotopic (exact) mass is 491 g/mol. The zero-order valence-electron chi connectivity index (χ0n) is 19.7. The number of ether oxygens (including phenoxy) is 4. The summed E-state index contributed by atoms with van der Waals surface area (Å²) in [6, 6.07) is -2.44. The maximum atomic E-state index is 11.1. The van der Waals surface area contributed by atoms with Gasteiger partial charge in [-0.05, 0) is 32.9 Å². The first-order valence-corrected chi connectivity index (χ1v) is 11.7. The Hall–Kier alpha value is -0.940. The molecule has 2 aliphatic heterocycles. The molecule has 0 spiro atoms. The summed E-state index contributed by atoms with van der Waals surface area (Å²) < 4.78 is 23.4. The van der Waals surface area contributed by atoms with Crippen LogP contribution in [0.15, 0.2) is 11.8 Å². The molecule has 3 aliphatic rings. The van der Waals surface area contributed by atoms with Crippen LogP contribution in [0.4, 0.5) is 0 Å². The van der Waals surface area contributed by atoms with Gasteiger partial charge in [0.25, 0.3) is 0 Å². The van der Waals surface area contributed by atoms with Gasteiger partial charge in [-0.15, -0.1) is 0 Å². The summed E-state index contributed by atoms with van der Waals surface area (Å²) in [5.74, 6) is 0.618. The Morgan fingerprint density at radius 2 is 1.74 bits per heavy atom. The van der Waals surface area contributed by atoms with E-state index in [4.69, 9.17) is 41.3 Å².